The van der Waals surface area contributed by atoms with Gasteiger partial charge in [-0.15, -0.1) is 0 Å². The molecule has 0 amide bonds. The van der Waals surface area contributed by atoms with Crippen molar-refractivity contribution in [3.8, 4) is 0 Å². The lowest BCUT2D eigenvalue weighted by Crippen LogP contribution is -2.23. The molecule has 0 radical (unpaired) electrons. The van der Waals surface area contributed by atoms with Gasteiger partial charge in [-0.3, -0.25) is 14.8 Å². The third-order valence-corrected chi connectivity index (χ3v) is 4.76. The first-order chi connectivity index (χ1) is 9.51. The lowest BCUT2D eigenvalue weighted by atomic mass is 10.2. The molecule has 2 aromatic heterocycles. The minimum atomic E-state index is -0.459. The summed E-state index contributed by atoms with van der Waals surface area (Å²) >= 11 is 2.32. The molecule has 1 fully saturated rings. The molecule has 3 heterocycles. The molecule has 0 aliphatic carbocycles. The van der Waals surface area contributed by atoms with Crippen LogP contribution in [0.25, 0.3) is 11.2 Å². The summed E-state index contributed by atoms with van der Waals surface area (Å²) in [5.74, 6) is -0.0219. The number of halogens is 1. The number of anilines is 1. The Morgan fingerprint density at radius 1 is 1.50 bits per heavy atom. The average molecular weight is 391 g/mol. The Balaban J connectivity index is 2.15. The summed E-state index contributed by atoms with van der Waals surface area (Å²) < 4.78 is 7.57. The van der Waals surface area contributed by atoms with Gasteiger partial charge in [0.05, 0.1) is 6.10 Å². The summed E-state index contributed by atoms with van der Waals surface area (Å²) in [5.41, 5.74) is 5.04. The number of nitrogens with one attached hydrogen (secondary N) is 2. The van der Waals surface area contributed by atoms with Crippen molar-refractivity contribution < 1.29 is 4.74 Å². The van der Waals surface area contributed by atoms with E-state index in [0.717, 1.165) is 6.42 Å². The molecule has 0 bridgehead atoms. The molecule has 8 nitrogen and oxygen atoms in total. The molecule has 0 spiro atoms. The second kappa shape index (κ2) is 4.88. The zero-order valence-electron chi connectivity index (χ0n) is 10.7. The van der Waals surface area contributed by atoms with Gasteiger partial charge in [-0.2, -0.15) is 4.98 Å². The summed E-state index contributed by atoms with van der Waals surface area (Å²) in [6.07, 6.45) is 1.24. The predicted molar refractivity (Wildman–Crippen MR) is 82.0 cm³/mol. The van der Waals surface area contributed by atoms with E-state index in [9.17, 15) is 9.59 Å². The molecule has 1 aliphatic heterocycles. The van der Waals surface area contributed by atoms with Gasteiger partial charge >= 0.3 is 5.69 Å². The molecule has 20 heavy (non-hydrogen) atoms. The average Bonchev–Trinajstić information content (AvgIpc) is 2.89. The highest BCUT2D eigenvalue weighted by Crippen LogP contribution is 2.35. The van der Waals surface area contributed by atoms with Gasteiger partial charge in [0, 0.05) is 10.3 Å². The van der Waals surface area contributed by atoms with Crippen molar-refractivity contribution in [2.24, 2.45) is 0 Å². The van der Waals surface area contributed by atoms with Crippen molar-refractivity contribution in [3.63, 3.8) is 0 Å². The SMILES string of the molecule is CC[C@H]1O[C@@H](n2c(=O)[nH]c3c(=O)[nH]c(N)nc32)CC1I. The van der Waals surface area contributed by atoms with Crippen LogP contribution in [-0.4, -0.2) is 29.5 Å². The van der Waals surface area contributed by atoms with Crippen LogP contribution in [0.4, 0.5) is 5.95 Å². The number of nitrogen functional groups attached to an aromatic ring is 1. The number of imidazole rings is 1. The van der Waals surface area contributed by atoms with E-state index in [1.165, 1.54) is 4.57 Å². The largest absolute Gasteiger partial charge is 0.369 e. The predicted octanol–water partition coefficient (Wildman–Crippen LogP) is 0.496. The number of ether oxygens (including phenoxy) is 1. The van der Waals surface area contributed by atoms with E-state index in [0.29, 0.717) is 10.3 Å². The first-order valence-electron chi connectivity index (χ1n) is 6.30. The van der Waals surface area contributed by atoms with Crippen LogP contribution in [0.2, 0.25) is 0 Å². The number of H-pyrrole nitrogens is 2. The third-order valence-electron chi connectivity index (χ3n) is 3.45. The lowest BCUT2D eigenvalue weighted by molar-refractivity contribution is 0.00241. The van der Waals surface area contributed by atoms with Gasteiger partial charge in [0.2, 0.25) is 5.95 Å². The summed E-state index contributed by atoms with van der Waals surface area (Å²) in [4.78, 5) is 32.8. The molecular formula is C11H14IN5O3. The maximum atomic E-state index is 12.1. The third kappa shape index (κ3) is 2.04. The number of aromatic amines is 2. The van der Waals surface area contributed by atoms with Crippen LogP contribution in [0.1, 0.15) is 26.0 Å². The van der Waals surface area contributed by atoms with Gasteiger partial charge in [0.1, 0.15) is 6.23 Å². The van der Waals surface area contributed by atoms with Gasteiger partial charge in [0.25, 0.3) is 5.56 Å². The van der Waals surface area contributed by atoms with Crippen LogP contribution in [0, 0.1) is 0 Å². The molecule has 1 unspecified atom stereocenters. The zero-order chi connectivity index (χ0) is 14.4. The number of hydrogen-bond donors (Lipinski definition) is 3. The molecule has 3 atom stereocenters. The minimum Gasteiger partial charge on any atom is -0.369 e. The second-order valence-electron chi connectivity index (χ2n) is 4.74. The Hall–Kier alpha value is -1.36. The van der Waals surface area contributed by atoms with E-state index in [2.05, 4.69) is 37.5 Å². The van der Waals surface area contributed by atoms with Gasteiger partial charge in [-0.05, 0) is 6.42 Å². The number of nitrogens with zero attached hydrogens (tertiary/aromatic N) is 2. The van der Waals surface area contributed by atoms with Crippen LogP contribution in [0.3, 0.4) is 0 Å². The highest BCUT2D eigenvalue weighted by molar-refractivity contribution is 14.1. The fourth-order valence-electron chi connectivity index (χ4n) is 2.50. The van der Waals surface area contributed by atoms with Crippen molar-refractivity contribution in [1.82, 2.24) is 19.5 Å². The summed E-state index contributed by atoms with van der Waals surface area (Å²) in [7, 11) is 0. The van der Waals surface area contributed by atoms with Crippen molar-refractivity contribution in [2.45, 2.75) is 36.0 Å². The van der Waals surface area contributed by atoms with Crippen LogP contribution in [0.15, 0.2) is 9.59 Å². The molecule has 0 saturated carbocycles. The van der Waals surface area contributed by atoms with Crippen molar-refractivity contribution in [3.05, 3.63) is 20.8 Å². The van der Waals surface area contributed by atoms with Crippen LogP contribution in [0.5, 0.6) is 0 Å². The van der Waals surface area contributed by atoms with Crippen molar-refractivity contribution >= 4 is 39.7 Å². The zero-order valence-corrected chi connectivity index (χ0v) is 12.9. The van der Waals surface area contributed by atoms with Crippen molar-refractivity contribution in [1.29, 1.82) is 0 Å². The monoisotopic (exact) mass is 391 g/mol. The number of fused-ring (bicyclic) bond motifs is 1. The van der Waals surface area contributed by atoms with E-state index >= 15 is 0 Å². The Labute approximate surface area is 126 Å². The van der Waals surface area contributed by atoms with Crippen LogP contribution >= 0.6 is 22.6 Å². The molecule has 4 N–H and O–H groups in total. The molecule has 1 saturated heterocycles. The highest BCUT2D eigenvalue weighted by atomic mass is 127. The van der Waals surface area contributed by atoms with Gasteiger partial charge in [0.15, 0.2) is 11.2 Å². The molecule has 2 aromatic rings. The van der Waals surface area contributed by atoms with E-state index in [1.807, 2.05) is 6.92 Å². The maximum absolute atomic E-state index is 12.1. The van der Waals surface area contributed by atoms with E-state index in [4.69, 9.17) is 10.5 Å². The van der Waals surface area contributed by atoms with E-state index < -0.39 is 17.5 Å². The number of nitrogens with two attached hydrogens (primary N) is 1. The van der Waals surface area contributed by atoms with E-state index in [-0.39, 0.29) is 23.2 Å². The minimum absolute atomic E-state index is 0.0219. The topological polar surface area (TPSA) is 119 Å². The second-order valence-corrected chi connectivity index (χ2v) is 6.34. The number of aromatic nitrogens is 4. The number of alkyl halides is 1. The molecule has 1 aliphatic rings. The van der Waals surface area contributed by atoms with Gasteiger partial charge in [-0.1, -0.05) is 29.5 Å². The van der Waals surface area contributed by atoms with Gasteiger partial charge < -0.3 is 10.5 Å². The Morgan fingerprint density at radius 2 is 2.25 bits per heavy atom. The standard InChI is InChI=1S/C11H14IN5O3/c1-2-5-4(12)3-6(20-5)17-8-7(14-11(17)19)9(18)16-10(13)15-8/h4-6H,2-3H2,1H3,(H,14,19)(H3,13,15,16,18)/t4?,5-,6-/m1/s1. The highest BCUT2D eigenvalue weighted by Gasteiger charge is 2.35. The lowest BCUT2D eigenvalue weighted by Gasteiger charge is -2.13. The number of hydrogen-bond acceptors (Lipinski definition) is 5. The fraction of sp³-hybridized carbons (Fsp3) is 0.545. The summed E-state index contributed by atoms with van der Waals surface area (Å²) in [6, 6.07) is 0. The first kappa shape index (κ1) is 13.6. The molecule has 108 valence electrons. The Morgan fingerprint density at radius 3 is 2.90 bits per heavy atom. The number of rotatable bonds is 2. The van der Waals surface area contributed by atoms with Crippen LogP contribution in [-0.2, 0) is 4.74 Å². The summed E-state index contributed by atoms with van der Waals surface area (Å²) in [6.45, 7) is 2.04. The van der Waals surface area contributed by atoms with Crippen LogP contribution < -0.4 is 17.0 Å². The fourth-order valence-corrected chi connectivity index (χ4v) is 3.61. The quantitative estimate of drug-likeness (QED) is 0.509. The molecule has 9 heteroatoms. The Bertz CT molecular complexity index is 763. The Kier molecular flexibility index (Phi) is 3.32. The molecule has 3 rings (SSSR count). The maximum Gasteiger partial charge on any atom is 0.329 e. The smallest absolute Gasteiger partial charge is 0.329 e. The molecular weight excluding hydrogens is 377 g/mol. The van der Waals surface area contributed by atoms with E-state index in [1.54, 1.807) is 0 Å². The summed E-state index contributed by atoms with van der Waals surface area (Å²) in [5, 5.41) is 0. The molecule has 0 aromatic carbocycles. The van der Waals surface area contributed by atoms with Gasteiger partial charge in [-0.25, -0.2) is 9.36 Å². The normalized spacial score (nSPS) is 26.4. The first-order valence-corrected chi connectivity index (χ1v) is 7.55. The van der Waals surface area contributed by atoms with Crippen molar-refractivity contribution in [2.75, 3.05) is 5.73 Å².